The molecule has 0 aliphatic rings. The number of nitrogens with zero attached hydrogens (tertiary/aromatic N) is 1. The van der Waals surface area contributed by atoms with Crippen LogP contribution in [0.5, 0.6) is 0 Å². The number of carbonyl (C=O) groups is 1. The topological polar surface area (TPSA) is 46.3 Å². The fourth-order valence-corrected chi connectivity index (χ4v) is 2.05. The number of nitrogens with two attached hydrogens (primary N) is 1. The second-order valence-corrected chi connectivity index (χ2v) is 4.95. The highest BCUT2D eigenvalue weighted by molar-refractivity contribution is 5.93. The first-order valence-corrected chi connectivity index (χ1v) is 6.99. The normalized spacial score (nSPS) is 10.7. The lowest BCUT2D eigenvalue weighted by atomic mass is 10.1. The smallest absolute Gasteiger partial charge is 0.253 e. The predicted octanol–water partition coefficient (Wildman–Crippen LogP) is 3.44. The highest BCUT2D eigenvalue weighted by atomic mass is 16.2. The number of rotatable bonds is 5. The van der Waals surface area contributed by atoms with Crippen LogP contribution < -0.4 is 5.73 Å². The SMILES string of the molecule is CN(CC/C=C/c1cccc(N)c1)C(=O)c1ccccc1. The highest BCUT2D eigenvalue weighted by Crippen LogP contribution is 2.09. The van der Waals surface area contributed by atoms with Gasteiger partial charge in [0.25, 0.3) is 5.91 Å². The van der Waals surface area contributed by atoms with Gasteiger partial charge in [0, 0.05) is 24.8 Å². The van der Waals surface area contributed by atoms with Crippen LogP contribution in [0.25, 0.3) is 6.08 Å². The summed E-state index contributed by atoms with van der Waals surface area (Å²) in [7, 11) is 1.82. The molecule has 0 unspecified atom stereocenters. The van der Waals surface area contributed by atoms with Gasteiger partial charge >= 0.3 is 0 Å². The van der Waals surface area contributed by atoms with Crippen LogP contribution in [0.1, 0.15) is 22.3 Å². The van der Waals surface area contributed by atoms with Crippen molar-refractivity contribution in [1.82, 2.24) is 4.90 Å². The third-order valence-corrected chi connectivity index (χ3v) is 3.22. The molecule has 0 saturated heterocycles. The van der Waals surface area contributed by atoms with Crippen LogP contribution in [0.2, 0.25) is 0 Å². The van der Waals surface area contributed by atoms with Gasteiger partial charge in [-0.15, -0.1) is 0 Å². The van der Waals surface area contributed by atoms with E-state index in [1.54, 1.807) is 4.90 Å². The zero-order valence-corrected chi connectivity index (χ0v) is 12.2. The van der Waals surface area contributed by atoms with Crippen molar-refractivity contribution < 1.29 is 4.79 Å². The van der Waals surface area contributed by atoms with Gasteiger partial charge in [0.1, 0.15) is 0 Å². The number of hydrogen-bond acceptors (Lipinski definition) is 2. The maximum atomic E-state index is 12.1. The van der Waals surface area contributed by atoms with Crippen molar-refractivity contribution in [3.63, 3.8) is 0 Å². The standard InChI is InChI=1S/C18H20N2O/c1-20(18(21)16-10-3-2-4-11-16)13-6-5-8-15-9-7-12-17(19)14-15/h2-5,7-12,14H,6,13,19H2,1H3/b8-5+. The molecule has 2 aromatic carbocycles. The summed E-state index contributed by atoms with van der Waals surface area (Å²) < 4.78 is 0. The van der Waals surface area contributed by atoms with E-state index in [9.17, 15) is 4.79 Å². The van der Waals surface area contributed by atoms with Crippen LogP contribution >= 0.6 is 0 Å². The largest absolute Gasteiger partial charge is 0.399 e. The summed E-state index contributed by atoms with van der Waals surface area (Å²) in [5.74, 6) is 0.0490. The van der Waals surface area contributed by atoms with E-state index in [4.69, 9.17) is 5.73 Å². The Morgan fingerprint density at radius 3 is 2.62 bits per heavy atom. The van der Waals surface area contributed by atoms with Gasteiger partial charge in [-0.2, -0.15) is 0 Å². The van der Waals surface area contributed by atoms with Gasteiger partial charge in [0.2, 0.25) is 0 Å². The monoisotopic (exact) mass is 280 g/mol. The average molecular weight is 280 g/mol. The van der Waals surface area contributed by atoms with Crippen molar-refractivity contribution in [2.75, 3.05) is 19.3 Å². The lowest BCUT2D eigenvalue weighted by Gasteiger charge is -2.16. The van der Waals surface area contributed by atoms with Crippen molar-refractivity contribution in [2.45, 2.75) is 6.42 Å². The van der Waals surface area contributed by atoms with Crippen LogP contribution in [0.15, 0.2) is 60.7 Å². The van der Waals surface area contributed by atoms with Crippen molar-refractivity contribution in [1.29, 1.82) is 0 Å². The minimum absolute atomic E-state index is 0.0490. The van der Waals surface area contributed by atoms with Crippen LogP contribution in [-0.2, 0) is 0 Å². The molecule has 108 valence electrons. The fourth-order valence-electron chi connectivity index (χ4n) is 2.05. The molecular weight excluding hydrogens is 260 g/mol. The molecule has 1 amide bonds. The Balaban J connectivity index is 1.84. The van der Waals surface area contributed by atoms with E-state index in [0.717, 1.165) is 23.2 Å². The molecule has 0 aliphatic carbocycles. The van der Waals surface area contributed by atoms with Crippen LogP contribution in [0.3, 0.4) is 0 Å². The second-order valence-electron chi connectivity index (χ2n) is 4.95. The highest BCUT2D eigenvalue weighted by Gasteiger charge is 2.09. The molecule has 0 radical (unpaired) electrons. The van der Waals surface area contributed by atoms with E-state index in [-0.39, 0.29) is 5.91 Å². The summed E-state index contributed by atoms with van der Waals surface area (Å²) in [4.78, 5) is 13.9. The quantitative estimate of drug-likeness (QED) is 0.853. The third-order valence-electron chi connectivity index (χ3n) is 3.22. The molecule has 2 aromatic rings. The van der Waals surface area contributed by atoms with Crippen LogP contribution in [0, 0.1) is 0 Å². The summed E-state index contributed by atoms with van der Waals surface area (Å²) in [6.45, 7) is 0.687. The van der Waals surface area contributed by atoms with Crippen molar-refractivity contribution >= 4 is 17.7 Å². The summed E-state index contributed by atoms with van der Waals surface area (Å²) in [5, 5.41) is 0. The van der Waals surface area contributed by atoms with Gasteiger partial charge in [0.15, 0.2) is 0 Å². The minimum atomic E-state index is 0.0490. The summed E-state index contributed by atoms with van der Waals surface area (Å²) >= 11 is 0. The first-order chi connectivity index (χ1) is 10.2. The Morgan fingerprint density at radius 1 is 1.14 bits per heavy atom. The molecule has 3 heteroatoms. The van der Waals surface area contributed by atoms with Crippen molar-refractivity contribution in [3.8, 4) is 0 Å². The van der Waals surface area contributed by atoms with Gasteiger partial charge in [-0.3, -0.25) is 4.79 Å². The maximum Gasteiger partial charge on any atom is 0.253 e. The zero-order valence-electron chi connectivity index (χ0n) is 12.2. The first kappa shape index (κ1) is 14.9. The number of benzene rings is 2. The molecule has 2 rings (SSSR count). The third kappa shape index (κ3) is 4.49. The van der Waals surface area contributed by atoms with E-state index >= 15 is 0 Å². The molecule has 0 fully saturated rings. The average Bonchev–Trinajstić information content (AvgIpc) is 2.51. The molecule has 2 N–H and O–H groups in total. The summed E-state index contributed by atoms with van der Waals surface area (Å²) in [5.41, 5.74) is 8.28. The number of carbonyl (C=O) groups excluding carboxylic acids is 1. The molecular formula is C18H20N2O. The lowest BCUT2D eigenvalue weighted by Crippen LogP contribution is -2.27. The van der Waals surface area contributed by atoms with Crippen molar-refractivity contribution in [2.24, 2.45) is 0 Å². The summed E-state index contributed by atoms with van der Waals surface area (Å²) in [6.07, 6.45) is 4.89. The lowest BCUT2D eigenvalue weighted by molar-refractivity contribution is 0.0797. The van der Waals surface area contributed by atoms with Gasteiger partial charge in [-0.25, -0.2) is 0 Å². The first-order valence-electron chi connectivity index (χ1n) is 6.99. The Morgan fingerprint density at radius 2 is 1.90 bits per heavy atom. The van der Waals surface area contributed by atoms with Gasteiger partial charge in [0.05, 0.1) is 0 Å². The predicted molar refractivity (Wildman–Crippen MR) is 87.9 cm³/mol. The molecule has 0 heterocycles. The molecule has 3 nitrogen and oxygen atoms in total. The van der Waals surface area contributed by atoms with E-state index in [1.807, 2.05) is 67.7 Å². The summed E-state index contributed by atoms with van der Waals surface area (Å²) in [6, 6.07) is 17.1. The Hall–Kier alpha value is -2.55. The number of hydrogen-bond donors (Lipinski definition) is 1. The zero-order chi connectivity index (χ0) is 15.1. The van der Waals surface area contributed by atoms with Crippen LogP contribution in [0.4, 0.5) is 5.69 Å². The van der Waals surface area contributed by atoms with Gasteiger partial charge in [-0.05, 0) is 36.2 Å². The van der Waals surface area contributed by atoms with E-state index in [2.05, 4.69) is 6.08 Å². The number of anilines is 1. The number of nitrogen functional groups attached to an aromatic ring is 1. The minimum Gasteiger partial charge on any atom is -0.399 e. The fraction of sp³-hybridized carbons (Fsp3) is 0.167. The molecule has 0 spiro atoms. The Kier molecular flexibility index (Phi) is 5.16. The van der Waals surface area contributed by atoms with E-state index < -0.39 is 0 Å². The second kappa shape index (κ2) is 7.29. The number of amides is 1. The Labute approximate surface area is 125 Å². The Bertz CT molecular complexity index is 620. The molecule has 0 bridgehead atoms. The van der Waals surface area contributed by atoms with Crippen LogP contribution in [-0.4, -0.2) is 24.4 Å². The van der Waals surface area contributed by atoms with E-state index in [0.29, 0.717) is 6.54 Å². The molecule has 0 aromatic heterocycles. The van der Waals surface area contributed by atoms with Gasteiger partial charge < -0.3 is 10.6 Å². The van der Waals surface area contributed by atoms with Crippen molar-refractivity contribution in [3.05, 3.63) is 71.8 Å². The molecule has 0 saturated carbocycles. The maximum absolute atomic E-state index is 12.1. The molecule has 0 atom stereocenters. The van der Waals surface area contributed by atoms with E-state index in [1.165, 1.54) is 0 Å². The molecule has 0 aliphatic heterocycles. The molecule has 21 heavy (non-hydrogen) atoms. The van der Waals surface area contributed by atoms with Gasteiger partial charge in [-0.1, -0.05) is 42.5 Å².